The quantitative estimate of drug-likeness (QED) is 0.777. The largest absolute Gasteiger partial charge is 0.324 e. The van der Waals surface area contributed by atoms with Crippen LogP contribution >= 0.6 is 0 Å². The smallest absolute Gasteiger partial charge is 0.243 e. The van der Waals surface area contributed by atoms with E-state index in [9.17, 15) is 4.79 Å². The number of hydrogen-bond donors (Lipinski definition) is 2. The molecule has 0 aliphatic carbocycles. The Morgan fingerprint density at radius 3 is 2.47 bits per heavy atom. The molecular formula is C12H18N2O. The molecule has 0 aliphatic heterocycles. The van der Waals surface area contributed by atoms with E-state index in [4.69, 9.17) is 5.73 Å². The van der Waals surface area contributed by atoms with Gasteiger partial charge in [-0.2, -0.15) is 0 Å². The van der Waals surface area contributed by atoms with Gasteiger partial charge in [-0.3, -0.25) is 4.79 Å². The van der Waals surface area contributed by atoms with Crippen molar-refractivity contribution < 1.29 is 4.79 Å². The van der Waals surface area contributed by atoms with Crippen LogP contribution in [0.15, 0.2) is 18.2 Å². The van der Waals surface area contributed by atoms with Crippen molar-refractivity contribution in [1.82, 2.24) is 0 Å². The minimum Gasteiger partial charge on any atom is -0.324 e. The average molecular weight is 206 g/mol. The number of nitrogens with two attached hydrogens (primary N) is 1. The van der Waals surface area contributed by atoms with Crippen LogP contribution < -0.4 is 11.1 Å². The summed E-state index contributed by atoms with van der Waals surface area (Å²) >= 11 is 0. The highest BCUT2D eigenvalue weighted by atomic mass is 16.2. The monoisotopic (exact) mass is 206 g/mol. The van der Waals surface area contributed by atoms with E-state index in [1.807, 2.05) is 32.0 Å². The molecule has 0 aliphatic rings. The number of rotatable bonds is 2. The molecule has 3 nitrogen and oxygen atoms in total. The summed E-state index contributed by atoms with van der Waals surface area (Å²) in [4.78, 5) is 11.7. The van der Waals surface area contributed by atoms with Crippen molar-refractivity contribution in [2.75, 3.05) is 5.32 Å². The van der Waals surface area contributed by atoms with E-state index in [2.05, 4.69) is 5.32 Å². The first-order valence-corrected chi connectivity index (χ1v) is 4.98. The van der Waals surface area contributed by atoms with E-state index in [1.54, 1.807) is 13.8 Å². The molecule has 0 bridgehead atoms. The first-order chi connectivity index (χ1) is 6.80. The van der Waals surface area contributed by atoms with E-state index >= 15 is 0 Å². The average Bonchev–Trinajstić information content (AvgIpc) is 2.09. The van der Waals surface area contributed by atoms with Crippen LogP contribution in [0.5, 0.6) is 0 Å². The van der Waals surface area contributed by atoms with Crippen LogP contribution in [0.3, 0.4) is 0 Å². The Hall–Kier alpha value is -1.35. The molecule has 0 atom stereocenters. The van der Waals surface area contributed by atoms with Crippen molar-refractivity contribution in [3.63, 3.8) is 0 Å². The maximum absolute atomic E-state index is 11.7. The van der Waals surface area contributed by atoms with Crippen molar-refractivity contribution in [2.45, 2.75) is 33.2 Å². The Morgan fingerprint density at radius 1 is 1.33 bits per heavy atom. The predicted molar refractivity (Wildman–Crippen MR) is 62.8 cm³/mol. The molecule has 1 aromatic rings. The summed E-state index contributed by atoms with van der Waals surface area (Å²) in [5.74, 6) is -0.170. The van der Waals surface area contributed by atoms with Gasteiger partial charge in [0, 0.05) is 5.69 Å². The zero-order valence-corrected chi connectivity index (χ0v) is 9.72. The summed E-state index contributed by atoms with van der Waals surface area (Å²) < 4.78 is 0. The fraction of sp³-hybridized carbons (Fsp3) is 0.417. The van der Waals surface area contributed by atoms with Crippen LogP contribution in [0.4, 0.5) is 5.69 Å². The lowest BCUT2D eigenvalue weighted by Crippen LogP contribution is -2.45. The zero-order valence-electron chi connectivity index (χ0n) is 9.72. The summed E-state index contributed by atoms with van der Waals surface area (Å²) in [6.45, 7) is 7.32. The molecule has 15 heavy (non-hydrogen) atoms. The molecule has 0 radical (unpaired) electrons. The standard InChI is InChI=1S/C12H18N2O/c1-8-5-6-9(2)10(7-8)14-11(15)12(3,4)13/h5-7H,13H2,1-4H3,(H,14,15). The third kappa shape index (κ3) is 3.06. The molecule has 0 saturated carbocycles. The summed E-state index contributed by atoms with van der Waals surface area (Å²) in [6.07, 6.45) is 0. The van der Waals surface area contributed by atoms with Gasteiger partial charge in [0.2, 0.25) is 5.91 Å². The number of nitrogens with one attached hydrogen (secondary N) is 1. The maximum atomic E-state index is 11.7. The van der Waals surface area contributed by atoms with Gasteiger partial charge in [0.1, 0.15) is 0 Å². The lowest BCUT2D eigenvalue weighted by molar-refractivity contribution is -0.120. The number of anilines is 1. The molecule has 0 saturated heterocycles. The lowest BCUT2D eigenvalue weighted by atomic mass is 10.1. The molecule has 0 spiro atoms. The summed E-state index contributed by atoms with van der Waals surface area (Å²) in [6, 6.07) is 5.94. The Bertz CT molecular complexity index is 378. The van der Waals surface area contributed by atoms with E-state index in [0.29, 0.717) is 0 Å². The summed E-state index contributed by atoms with van der Waals surface area (Å²) in [7, 11) is 0. The van der Waals surface area contributed by atoms with E-state index < -0.39 is 5.54 Å². The molecule has 1 rings (SSSR count). The Balaban J connectivity index is 2.90. The minimum absolute atomic E-state index is 0.170. The zero-order chi connectivity index (χ0) is 11.6. The molecule has 0 fully saturated rings. The Kier molecular flexibility index (Phi) is 3.15. The Morgan fingerprint density at radius 2 is 1.93 bits per heavy atom. The van der Waals surface area contributed by atoms with Crippen molar-refractivity contribution in [2.24, 2.45) is 5.73 Å². The predicted octanol–water partition coefficient (Wildman–Crippen LogP) is 1.98. The van der Waals surface area contributed by atoms with Gasteiger partial charge in [0.25, 0.3) is 0 Å². The van der Waals surface area contributed by atoms with Crippen molar-refractivity contribution in [1.29, 1.82) is 0 Å². The van der Waals surface area contributed by atoms with Gasteiger partial charge in [0.15, 0.2) is 0 Å². The third-order valence-electron chi connectivity index (χ3n) is 2.23. The normalized spacial score (nSPS) is 11.3. The van der Waals surface area contributed by atoms with Gasteiger partial charge in [-0.05, 0) is 44.9 Å². The molecule has 1 aromatic carbocycles. The molecule has 1 amide bonds. The molecule has 0 unspecified atom stereocenters. The van der Waals surface area contributed by atoms with Gasteiger partial charge in [-0.15, -0.1) is 0 Å². The number of carbonyl (C=O) groups excluding carboxylic acids is 1. The van der Waals surface area contributed by atoms with Crippen molar-refractivity contribution in [3.8, 4) is 0 Å². The topological polar surface area (TPSA) is 55.1 Å². The third-order valence-corrected chi connectivity index (χ3v) is 2.23. The SMILES string of the molecule is Cc1ccc(C)c(NC(=O)C(C)(C)N)c1. The van der Waals surface area contributed by atoms with E-state index in [0.717, 1.165) is 16.8 Å². The van der Waals surface area contributed by atoms with Gasteiger partial charge < -0.3 is 11.1 Å². The van der Waals surface area contributed by atoms with Crippen LogP contribution in [0.25, 0.3) is 0 Å². The number of hydrogen-bond acceptors (Lipinski definition) is 2. The fourth-order valence-corrected chi connectivity index (χ4v) is 1.15. The van der Waals surface area contributed by atoms with Gasteiger partial charge in [-0.25, -0.2) is 0 Å². The summed E-state index contributed by atoms with van der Waals surface area (Å²) in [5, 5.41) is 2.83. The van der Waals surface area contributed by atoms with Gasteiger partial charge in [-0.1, -0.05) is 12.1 Å². The van der Waals surface area contributed by atoms with Crippen LogP contribution in [-0.2, 0) is 4.79 Å². The molecule has 0 aromatic heterocycles. The second-order valence-electron chi connectivity index (χ2n) is 4.49. The highest BCUT2D eigenvalue weighted by molar-refractivity contribution is 5.97. The highest BCUT2D eigenvalue weighted by Crippen LogP contribution is 2.17. The Labute approximate surface area is 90.7 Å². The number of benzene rings is 1. The maximum Gasteiger partial charge on any atom is 0.243 e. The first-order valence-electron chi connectivity index (χ1n) is 4.98. The minimum atomic E-state index is -0.851. The van der Waals surface area contributed by atoms with E-state index in [-0.39, 0.29) is 5.91 Å². The van der Waals surface area contributed by atoms with Gasteiger partial charge >= 0.3 is 0 Å². The second-order valence-corrected chi connectivity index (χ2v) is 4.49. The van der Waals surface area contributed by atoms with Crippen molar-refractivity contribution >= 4 is 11.6 Å². The fourth-order valence-electron chi connectivity index (χ4n) is 1.15. The summed E-state index contributed by atoms with van der Waals surface area (Å²) in [5.41, 5.74) is 7.84. The molecule has 82 valence electrons. The molecule has 3 heteroatoms. The lowest BCUT2D eigenvalue weighted by Gasteiger charge is -2.19. The van der Waals surface area contributed by atoms with Gasteiger partial charge in [0.05, 0.1) is 5.54 Å². The first kappa shape index (κ1) is 11.7. The van der Waals surface area contributed by atoms with Crippen LogP contribution in [0, 0.1) is 13.8 Å². The molecule has 0 heterocycles. The number of carbonyl (C=O) groups is 1. The van der Waals surface area contributed by atoms with Crippen molar-refractivity contribution in [3.05, 3.63) is 29.3 Å². The number of aryl methyl sites for hydroxylation is 2. The molecule has 3 N–H and O–H groups in total. The van der Waals surface area contributed by atoms with Crippen LogP contribution in [-0.4, -0.2) is 11.4 Å². The van der Waals surface area contributed by atoms with E-state index in [1.165, 1.54) is 0 Å². The van der Waals surface area contributed by atoms with Crippen LogP contribution in [0.1, 0.15) is 25.0 Å². The second kappa shape index (κ2) is 4.03. The molecular weight excluding hydrogens is 188 g/mol. The van der Waals surface area contributed by atoms with Crippen LogP contribution in [0.2, 0.25) is 0 Å². The number of amides is 1. The highest BCUT2D eigenvalue weighted by Gasteiger charge is 2.22.